The van der Waals surface area contributed by atoms with Crippen molar-refractivity contribution in [3.63, 3.8) is 0 Å². The number of benzene rings is 1. The fourth-order valence-electron chi connectivity index (χ4n) is 1.14. The molecule has 0 aliphatic heterocycles. The Morgan fingerprint density at radius 3 is 2.43 bits per heavy atom. The highest BCUT2D eigenvalue weighted by Gasteiger charge is 2.12. The summed E-state index contributed by atoms with van der Waals surface area (Å²) in [4.78, 5) is 0. The summed E-state index contributed by atoms with van der Waals surface area (Å²) in [5.74, 6) is 6.20. The molecule has 0 fully saturated rings. The molecule has 0 amide bonds. The molecule has 0 aromatic heterocycles. The van der Waals surface area contributed by atoms with E-state index >= 15 is 0 Å². The monoisotopic (exact) mass is 188 g/mol. The van der Waals surface area contributed by atoms with E-state index in [1.54, 1.807) is 0 Å². The first-order chi connectivity index (χ1) is 6.64. The minimum Gasteiger partial charge on any atom is -0.363 e. The Morgan fingerprint density at radius 1 is 1.21 bits per heavy atom. The standard InChI is InChI=1S/C13H16O/c1-4-14-13(2,3)11-10-12-8-6-5-7-9-12/h5-9H,4H2,1-3H3. The van der Waals surface area contributed by atoms with Crippen molar-refractivity contribution in [2.45, 2.75) is 26.4 Å². The Bertz CT molecular complexity index is 327. The van der Waals surface area contributed by atoms with Gasteiger partial charge in [0, 0.05) is 12.2 Å². The number of hydrogen-bond acceptors (Lipinski definition) is 1. The molecular formula is C13H16O. The minimum absolute atomic E-state index is 0.357. The highest BCUT2D eigenvalue weighted by Crippen LogP contribution is 2.07. The molecule has 1 aromatic rings. The van der Waals surface area contributed by atoms with E-state index in [0.717, 1.165) is 5.56 Å². The molecule has 0 N–H and O–H groups in total. The molecule has 0 bridgehead atoms. The summed E-state index contributed by atoms with van der Waals surface area (Å²) < 4.78 is 5.48. The molecule has 0 spiro atoms. The first-order valence-electron chi connectivity index (χ1n) is 4.86. The molecule has 0 radical (unpaired) electrons. The fraction of sp³-hybridized carbons (Fsp3) is 0.385. The van der Waals surface area contributed by atoms with Gasteiger partial charge in [0.15, 0.2) is 0 Å². The van der Waals surface area contributed by atoms with E-state index in [9.17, 15) is 0 Å². The lowest BCUT2D eigenvalue weighted by Gasteiger charge is -2.16. The van der Waals surface area contributed by atoms with Crippen molar-refractivity contribution < 1.29 is 4.74 Å². The number of hydrogen-bond donors (Lipinski definition) is 0. The summed E-state index contributed by atoms with van der Waals surface area (Å²) >= 11 is 0. The second-order valence-electron chi connectivity index (χ2n) is 3.56. The summed E-state index contributed by atoms with van der Waals surface area (Å²) in [6.07, 6.45) is 0. The van der Waals surface area contributed by atoms with Crippen LogP contribution in [0.2, 0.25) is 0 Å². The Balaban J connectivity index is 2.73. The van der Waals surface area contributed by atoms with Crippen LogP contribution in [0.5, 0.6) is 0 Å². The van der Waals surface area contributed by atoms with E-state index < -0.39 is 0 Å². The van der Waals surface area contributed by atoms with Gasteiger partial charge in [-0.3, -0.25) is 0 Å². The summed E-state index contributed by atoms with van der Waals surface area (Å²) in [7, 11) is 0. The average Bonchev–Trinajstić information content (AvgIpc) is 2.17. The van der Waals surface area contributed by atoms with Crippen molar-refractivity contribution >= 4 is 0 Å². The van der Waals surface area contributed by atoms with E-state index in [1.807, 2.05) is 51.1 Å². The van der Waals surface area contributed by atoms with Crippen LogP contribution < -0.4 is 0 Å². The fourth-order valence-corrected chi connectivity index (χ4v) is 1.14. The highest BCUT2D eigenvalue weighted by molar-refractivity contribution is 5.35. The largest absolute Gasteiger partial charge is 0.363 e. The van der Waals surface area contributed by atoms with Gasteiger partial charge in [-0.1, -0.05) is 30.0 Å². The van der Waals surface area contributed by atoms with Gasteiger partial charge in [0.05, 0.1) is 0 Å². The molecule has 1 rings (SSSR count). The van der Waals surface area contributed by atoms with Crippen LogP contribution in [0.1, 0.15) is 26.3 Å². The Kier molecular flexibility index (Phi) is 3.73. The van der Waals surface area contributed by atoms with Gasteiger partial charge >= 0.3 is 0 Å². The van der Waals surface area contributed by atoms with Crippen molar-refractivity contribution in [2.24, 2.45) is 0 Å². The number of rotatable bonds is 2. The molecule has 0 heterocycles. The van der Waals surface area contributed by atoms with Crippen molar-refractivity contribution in [1.29, 1.82) is 0 Å². The zero-order chi connectivity index (χ0) is 10.4. The predicted molar refractivity (Wildman–Crippen MR) is 59.0 cm³/mol. The van der Waals surface area contributed by atoms with Crippen LogP contribution in [0.25, 0.3) is 0 Å². The van der Waals surface area contributed by atoms with Crippen LogP contribution in [0.15, 0.2) is 30.3 Å². The van der Waals surface area contributed by atoms with Gasteiger partial charge in [-0.25, -0.2) is 0 Å². The van der Waals surface area contributed by atoms with Gasteiger partial charge in [0.25, 0.3) is 0 Å². The quantitative estimate of drug-likeness (QED) is 0.648. The van der Waals surface area contributed by atoms with Crippen molar-refractivity contribution in [3.05, 3.63) is 35.9 Å². The summed E-state index contributed by atoms with van der Waals surface area (Å²) in [6.45, 7) is 6.63. The maximum absolute atomic E-state index is 5.48. The molecule has 0 atom stereocenters. The Hall–Kier alpha value is -1.26. The Labute approximate surface area is 86.1 Å². The van der Waals surface area contributed by atoms with Gasteiger partial charge in [0.2, 0.25) is 0 Å². The maximum Gasteiger partial charge on any atom is 0.123 e. The van der Waals surface area contributed by atoms with Crippen LogP contribution in [0.4, 0.5) is 0 Å². The molecule has 74 valence electrons. The Morgan fingerprint density at radius 2 is 1.86 bits per heavy atom. The summed E-state index contributed by atoms with van der Waals surface area (Å²) in [5.41, 5.74) is 0.671. The zero-order valence-electron chi connectivity index (χ0n) is 9.00. The number of ether oxygens (including phenoxy) is 1. The lowest BCUT2D eigenvalue weighted by Crippen LogP contribution is -2.21. The van der Waals surface area contributed by atoms with E-state index in [-0.39, 0.29) is 5.60 Å². The molecular weight excluding hydrogens is 172 g/mol. The third-order valence-corrected chi connectivity index (χ3v) is 1.79. The highest BCUT2D eigenvalue weighted by atomic mass is 16.5. The average molecular weight is 188 g/mol. The van der Waals surface area contributed by atoms with Gasteiger partial charge in [0.1, 0.15) is 5.60 Å². The topological polar surface area (TPSA) is 9.23 Å². The van der Waals surface area contributed by atoms with Crippen LogP contribution in [0.3, 0.4) is 0 Å². The molecule has 1 aromatic carbocycles. The smallest absolute Gasteiger partial charge is 0.123 e. The maximum atomic E-state index is 5.48. The van der Waals surface area contributed by atoms with Crippen molar-refractivity contribution in [2.75, 3.05) is 6.61 Å². The molecule has 14 heavy (non-hydrogen) atoms. The van der Waals surface area contributed by atoms with Crippen LogP contribution in [0, 0.1) is 11.8 Å². The van der Waals surface area contributed by atoms with E-state index in [4.69, 9.17) is 4.74 Å². The molecule has 1 nitrogen and oxygen atoms in total. The predicted octanol–water partition coefficient (Wildman–Crippen LogP) is 2.85. The zero-order valence-corrected chi connectivity index (χ0v) is 9.00. The molecule has 1 heteroatoms. The molecule has 0 aliphatic carbocycles. The molecule has 0 saturated heterocycles. The van der Waals surface area contributed by atoms with Gasteiger partial charge < -0.3 is 4.74 Å². The van der Waals surface area contributed by atoms with E-state index in [0.29, 0.717) is 6.61 Å². The second kappa shape index (κ2) is 4.83. The third-order valence-electron chi connectivity index (χ3n) is 1.79. The van der Waals surface area contributed by atoms with Gasteiger partial charge in [-0.05, 0) is 32.9 Å². The molecule has 0 aliphatic rings. The lowest BCUT2D eigenvalue weighted by atomic mass is 10.1. The van der Waals surface area contributed by atoms with Gasteiger partial charge in [-0.15, -0.1) is 0 Å². The second-order valence-corrected chi connectivity index (χ2v) is 3.56. The molecule has 0 saturated carbocycles. The lowest BCUT2D eigenvalue weighted by molar-refractivity contribution is 0.0362. The first-order valence-corrected chi connectivity index (χ1v) is 4.86. The SMILES string of the molecule is CCOC(C)(C)C#Cc1ccccc1. The summed E-state index contributed by atoms with van der Waals surface area (Å²) in [6, 6.07) is 9.94. The van der Waals surface area contributed by atoms with Gasteiger partial charge in [-0.2, -0.15) is 0 Å². The van der Waals surface area contributed by atoms with E-state index in [2.05, 4.69) is 11.8 Å². The third kappa shape index (κ3) is 3.64. The minimum atomic E-state index is -0.357. The molecule has 0 unspecified atom stereocenters. The normalized spacial score (nSPS) is 10.5. The van der Waals surface area contributed by atoms with Crippen LogP contribution in [-0.2, 0) is 4.74 Å². The first kappa shape index (κ1) is 10.8. The van der Waals surface area contributed by atoms with Crippen molar-refractivity contribution in [3.8, 4) is 11.8 Å². The van der Waals surface area contributed by atoms with E-state index in [1.165, 1.54) is 0 Å². The van der Waals surface area contributed by atoms with Crippen LogP contribution in [-0.4, -0.2) is 12.2 Å². The van der Waals surface area contributed by atoms with Crippen molar-refractivity contribution in [1.82, 2.24) is 0 Å². The van der Waals surface area contributed by atoms with Crippen LogP contribution >= 0.6 is 0 Å². The summed E-state index contributed by atoms with van der Waals surface area (Å²) in [5, 5.41) is 0.